The lowest BCUT2D eigenvalue weighted by Gasteiger charge is -2.18. The molecule has 1 aromatic heterocycles. The Morgan fingerprint density at radius 1 is 1.17 bits per heavy atom. The van der Waals surface area contributed by atoms with Gasteiger partial charge < -0.3 is 4.90 Å². The van der Waals surface area contributed by atoms with Gasteiger partial charge in [-0.05, 0) is 59.1 Å². The summed E-state index contributed by atoms with van der Waals surface area (Å²) >= 11 is 4.90. The normalized spacial score (nSPS) is 10.4. The highest BCUT2D eigenvalue weighted by Gasteiger charge is 2.15. The van der Waals surface area contributed by atoms with Crippen LogP contribution in [-0.2, 0) is 0 Å². The highest BCUT2D eigenvalue weighted by Crippen LogP contribution is 2.24. The van der Waals surface area contributed by atoms with Crippen molar-refractivity contribution in [1.29, 1.82) is 0 Å². The molecule has 1 aromatic carbocycles. The van der Waals surface area contributed by atoms with Crippen molar-refractivity contribution in [3.63, 3.8) is 0 Å². The standard InChI is InChI=1S/C14H14BrNOS/c1-9-4-10(2)6-12(5-9)16(3)14(17)11-7-13(15)18-8-11/h4-8H,1-3H3. The van der Waals surface area contributed by atoms with Crippen LogP contribution in [0.4, 0.5) is 5.69 Å². The molecule has 2 rings (SSSR count). The summed E-state index contributed by atoms with van der Waals surface area (Å²) in [4.78, 5) is 14.0. The lowest BCUT2D eigenvalue weighted by Crippen LogP contribution is -2.25. The Balaban J connectivity index is 2.30. The number of thiophene rings is 1. The summed E-state index contributed by atoms with van der Waals surface area (Å²) in [5.41, 5.74) is 3.97. The highest BCUT2D eigenvalue weighted by molar-refractivity contribution is 9.11. The lowest BCUT2D eigenvalue weighted by atomic mass is 10.1. The molecule has 18 heavy (non-hydrogen) atoms. The van der Waals surface area contributed by atoms with Crippen LogP contribution in [0.5, 0.6) is 0 Å². The van der Waals surface area contributed by atoms with E-state index in [1.807, 2.05) is 44.5 Å². The second-order valence-electron chi connectivity index (χ2n) is 4.35. The Labute approximate surface area is 119 Å². The van der Waals surface area contributed by atoms with Crippen molar-refractivity contribution in [2.45, 2.75) is 13.8 Å². The Hall–Kier alpha value is -1.13. The summed E-state index contributed by atoms with van der Waals surface area (Å²) < 4.78 is 0.972. The number of hydrogen-bond donors (Lipinski definition) is 0. The predicted octanol–water partition coefficient (Wildman–Crippen LogP) is 4.40. The van der Waals surface area contributed by atoms with Gasteiger partial charge in [0.2, 0.25) is 0 Å². The second kappa shape index (κ2) is 5.24. The second-order valence-corrected chi connectivity index (χ2v) is 6.64. The summed E-state index contributed by atoms with van der Waals surface area (Å²) in [6.07, 6.45) is 0. The summed E-state index contributed by atoms with van der Waals surface area (Å²) in [7, 11) is 1.81. The lowest BCUT2D eigenvalue weighted by molar-refractivity contribution is 0.0993. The van der Waals surface area contributed by atoms with Crippen LogP contribution in [0.2, 0.25) is 0 Å². The third-order valence-corrected chi connectivity index (χ3v) is 4.22. The predicted molar refractivity (Wildman–Crippen MR) is 80.7 cm³/mol. The number of amides is 1. The van der Waals surface area contributed by atoms with Crippen molar-refractivity contribution in [3.8, 4) is 0 Å². The zero-order valence-electron chi connectivity index (χ0n) is 10.5. The van der Waals surface area contributed by atoms with Gasteiger partial charge in [-0.1, -0.05) is 6.07 Å². The van der Waals surface area contributed by atoms with E-state index in [1.165, 1.54) is 11.3 Å². The molecule has 1 heterocycles. The molecule has 94 valence electrons. The van der Waals surface area contributed by atoms with Crippen LogP contribution in [-0.4, -0.2) is 13.0 Å². The first-order chi connectivity index (χ1) is 8.47. The van der Waals surface area contributed by atoms with Crippen LogP contribution in [0.25, 0.3) is 0 Å². The average Bonchev–Trinajstić information content (AvgIpc) is 2.72. The van der Waals surface area contributed by atoms with Gasteiger partial charge in [-0.15, -0.1) is 11.3 Å². The van der Waals surface area contributed by atoms with E-state index in [4.69, 9.17) is 0 Å². The smallest absolute Gasteiger partial charge is 0.258 e. The van der Waals surface area contributed by atoms with Gasteiger partial charge in [-0.25, -0.2) is 0 Å². The Morgan fingerprint density at radius 2 is 1.78 bits per heavy atom. The summed E-state index contributed by atoms with van der Waals surface area (Å²) in [5, 5.41) is 1.87. The molecule has 0 radical (unpaired) electrons. The highest BCUT2D eigenvalue weighted by atomic mass is 79.9. The minimum atomic E-state index is 0.0157. The molecule has 0 fully saturated rings. The molecule has 0 atom stereocenters. The SMILES string of the molecule is Cc1cc(C)cc(N(C)C(=O)c2csc(Br)c2)c1. The first kappa shape index (κ1) is 13.3. The Kier molecular flexibility index (Phi) is 3.88. The minimum absolute atomic E-state index is 0.0157. The van der Waals surface area contributed by atoms with E-state index >= 15 is 0 Å². The fraction of sp³-hybridized carbons (Fsp3) is 0.214. The van der Waals surface area contributed by atoms with Crippen molar-refractivity contribution in [2.75, 3.05) is 11.9 Å². The number of nitrogens with zero attached hydrogens (tertiary/aromatic N) is 1. The quantitative estimate of drug-likeness (QED) is 0.801. The van der Waals surface area contributed by atoms with Crippen LogP contribution in [0, 0.1) is 13.8 Å². The summed E-state index contributed by atoms with van der Waals surface area (Å²) in [6.45, 7) is 4.08. The van der Waals surface area contributed by atoms with Crippen molar-refractivity contribution >= 4 is 38.9 Å². The molecule has 0 N–H and O–H groups in total. The average molecular weight is 324 g/mol. The maximum atomic E-state index is 12.3. The molecular weight excluding hydrogens is 310 g/mol. The number of anilines is 1. The molecule has 2 nitrogen and oxygen atoms in total. The molecule has 4 heteroatoms. The molecule has 2 aromatic rings. The monoisotopic (exact) mass is 323 g/mol. The fourth-order valence-corrected chi connectivity index (χ4v) is 3.01. The Morgan fingerprint density at radius 3 is 2.28 bits per heavy atom. The first-order valence-electron chi connectivity index (χ1n) is 5.58. The van der Waals surface area contributed by atoms with Crippen molar-refractivity contribution in [1.82, 2.24) is 0 Å². The van der Waals surface area contributed by atoms with E-state index in [0.717, 1.165) is 20.6 Å². The number of aryl methyl sites for hydroxylation is 2. The zero-order chi connectivity index (χ0) is 13.3. The molecular formula is C14H14BrNOS. The minimum Gasteiger partial charge on any atom is -0.311 e. The van der Waals surface area contributed by atoms with Crippen LogP contribution in [0.3, 0.4) is 0 Å². The largest absolute Gasteiger partial charge is 0.311 e. The van der Waals surface area contributed by atoms with Crippen molar-refractivity contribution in [2.24, 2.45) is 0 Å². The van der Waals surface area contributed by atoms with Gasteiger partial charge in [-0.3, -0.25) is 4.79 Å². The number of carbonyl (C=O) groups is 1. The first-order valence-corrected chi connectivity index (χ1v) is 7.25. The van der Waals surface area contributed by atoms with Crippen molar-refractivity contribution < 1.29 is 4.79 Å². The molecule has 0 saturated heterocycles. The van der Waals surface area contributed by atoms with Gasteiger partial charge in [-0.2, -0.15) is 0 Å². The van der Waals surface area contributed by atoms with E-state index in [9.17, 15) is 4.79 Å². The number of halogens is 1. The number of carbonyl (C=O) groups excluding carboxylic acids is 1. The van der Waals surface area contributed by atoms with Crippen LogP contribution >= 0.6 is 27.3 Å². The van der Waals surface area contributed by atoms with E-state index < -0.39 is 0 Å². The number of rotatable bonds is 2. The van der Waals surface area contributed by atoms with Crippen LogP contribution in [0.15, 0.2) is 33.4 Å². The molecule has 0 unspecified atom stereocenters. The van der Waals surface area contributed by atoms with E-state index in [1.54, 1.807) is 4.90 Å². The van der Waals surface area contributed by atoms with Gasteiger partial charge >= 0.3 is 0 Å². The fourth-order valence-electron chi connectivity index (χ4n) is 1.88. The molecule has 0 aliphatic heterocycles. The molecule has 0 aliphatic rings. The molecule has 0 bridgehead atoms. The number of hydrogen-bond acceptors (Lipinski definition) is 2. The third-order valence-electron chi connectivity index (χ3n) is 2.71. The number of benzene rings is 1. The molecule has 1 amide bonds. The van der Waals surface area contributed by atoms with E-state index in [0.29, 0.717) is 5.56 Å². The van der Waals surface area contributed by atoms with E-state index in [2.05, 4.69) is 22.0 Å². The van der Waals surface area contributed by atoms with Crippen LogP contribution in [0.1, 0.15) is 21.5 Å². The van der Waals surface area contributed by atoms with Gasteiger partial charge in [0.05, 0.1) is 9.35 Å². The van der Waals surface area contributed by atoms with Crippen LogP contribution < -0.4 is 4.90 Å². The third kappa shape index (κ3) is 2.82. The Bertz CT molecular complexity index is 571. The summed E-state index contributed by atoms with van der Waals surface area (Å²) in [5.74, 6) is 0.0157. The van der Waals surface area contributed by atoms with Gasteiger partial charge in [0.1, 0.15) is 0 Å². The molecule has 0 aliphatic carbocycles. The maximum Gasteiger partial charge on any atom is 0.258 e. The topological polar surface area (TPSA) is 20.3 Å². The molecule has 0 saturated carbocycles. The van der Waals surface area contributed by atoms with Gasteiger partial charge in [0.25, 0.3) is 5.91 Å². The maximum absolute atomic E-state index is 12.3. The van der Waals surface area contributed by atoms with Gasteiger partial charge in [0, 0.05) is 18.1 Å². The zero-order valence-corrected chi connectivity index (χ0v) is 12.9. The summed E-state index contributed by atoms with van der Waals surface area (Å²) in [6, 6.07) is 7.99. The van der Waals surface area contributed by atoms with Crippen molar-refractivity contribution in [3.05, 3.63) is 50.1 Å². The molecule has 0 spiro atoms. The van der Waals surface area contributed by atoms with E-state index in [-0.39, 0.29) is 5.91 Å². The van der Waals surface area contributed by atoms with Gasteiger partial charge in [0.15, 0.2) is 0 Å².